The topological polar surface area (TPSA) is 67.8 Å². The second kappa shape index (κ2) is 8.15. The summed E-state index contributed by atoms with van der Waals surface area (Å²) >= 11 is 0. The molecule has 0 spiro atoms. The normalized spacial score (nSPS) is 11.8. The number of rotatable bonds is 7. The van der Waals surface area contributed by atoms with Gasteiger partial charge in [0.25, 0.3) is 5.91 Å². The van der Waals surface area contributed by atoms with Gasteiger partial charge in [-0.1, -0.05) is 12.1 Å². The summed E-state index contributed by atoms with van der Waals surface area (Å²) in [6, 6.07) is 12.5. The molecule has 6 heteroatoms. The van der Waals surface area contributed by atoms with Crippen molar-refractivity contribution in [1.29, 1.82) is 0 Å². The van der Waals surface area contributed by atoms with Crippen molar-refractivity contribution in [1.82, 2.24) is 0 Å². The molecule has 143 valence electrons. The van der Waals surface area contributed by atoms with E-state index in [0.29, 0.717) is 17.0 Å². The Morgan fingerprint density at radius 1 is 1.07 bits per heavy atom. The van der Waals surface area contributed by atoms with Gasteiger partial charge >= 0.3 is 7.48 Å². The van der Waals surface area contributed by atoms with Crippen LogP contribution < -0.4 is 15.5 Å². The summed E-state index contributed by atoms with van der Waals surface area (Å²) in [5, 5.41) is 13.1. The van der Waals surface area contributed by atoms with Crippen LogP contribution in [0.15, 0.2) is 42.5 Å². The molecular weight excluding hydrogens is 341 g/mol. The molecule has 0 bridgehead atoms. The maximum absolute atomic E-state index is 12.5. The van der Waals surface area contributed by atoms with E-state index in [2.05, 4.69) is 5.32 Å². The Morgan fingerprint density at radius 2 is 1.70 bits per heavy atom. The summed E-state index contributed by atoms with van der Waals surface area (Å²) in [5.41, 5.74) is 1.20. The summed E-state index contributed by atoms with van der Waals surface area (Å²) in [7, 11) is 3.21. The number of benzene rings is 2. The molecule has 0 saturated carbocycles. The molecular formula is C21H27BNO4. The first-order valence-corrected chi connectivity index (χ1v) is 8.83. The predicted molar refractivity (Wildman–Crippen MR) is 109 cm³/mol. The molecule has 0 unspecified atom stereocenters. The molecule has 2 aromatic carbocycles. The number of nitrogens with one attached hydrogen (secondary N) is 1. The number of ether oxygens (including phenoxy) is 1. The van der Waals surface area contributed by atoms with E-state index < -0.39 is 11.2 Å². The van der Waals surface area contributed by atoms with Crippen LogP contribution in [0.5, 0.6) is 5.75 Å². The number of anilines is 1. The highest BCUT2D eigenvalue weighted by Crippen LogP contribution is 2.24. The van der Waals surface area contributed by atoms with Crippen LogP contribution in [0.3, 0.4) is 0 Å². The van der Waals surface area contributed by atoms with Gasteiger partial charge in [-0.25, -0.2) is 0 Å². The molecule has 0 aliphatic carbocycles. The van der Waals surface area contributed by atoms with Crippen LogP contribution in [0.25, 0.3) is 0 Å². The lowest BCUT2D eigenvalue weighted by molar-refractivity contribution is -0.0893. The molecule has 2 rings (SSSR count). The molecule has 5 nitrogen and oxygen atoms in total. The van der Waals surface area contributed by atoms with Crippen molar-refractivity contribution in [3.8, 4) is 5.75 Å². The molecule has 0 saturated heterocycles. The molecule has 2 aromatic rings. The van der Waals surface area contributed by atoms with Crippen molar-refractivity contribution in [2.75, 3.05) is 12.4 Å². The standard InChI is InChI=1S/C21H27BNO4/c1-14-17(22-27-21(4,5)20(2,3)25)8-7-9-18(14)23-19(24)15-10-12-16(26-6)13-11-15/h7-13,25H,1-6H3,(H,23,24). The van der Waals surface area contributed by atoms with Crippen molar-refractivity contribution < 1.29 is 19.3 Å². The Bertz CT molecular complexity index is 795. The Balaban J connectivity index is 2.12. The summed E-state index contributed by atoms with van der Waals surface area (Å²) in [4.78, 5) is 12.5. The Hall–Kier alpha value is -2.31. The Labute approximate surface area is 162 Å². The fourth-order valence-corrected chi connectivity index (χ4v) is 2.21. The Morgan fingerprint density at radius 3 is 2.26 bits per heavy atom. The van der Waals surface area contributed by atoms with Gasteiger partial charge in [-0.3, -0.25) is 4.79 Å². The second-order valence-corrected chi connectivity index (χ2v) is 7.51. The molecule has 27 heavy (non-hydrogen) atoms. The van der Waals surface area contributed by atoms with E-state index >= 15 is 0 Å². The summed E-state index contributed by atoms with van der Waals surface area (Å²) in [6.07, 6.45) is 0. The number of hydrogen-bond acceptors (Lipinski definition) is 4. The average Bonchev–Trinajstić information content (AvgIpc) is 2.61. The van der Waals surface area contributed by atoms with Gasteiger partial charge in [0.15, 0.2) is 0 Å². The first kappa shape index (κ1) is 21.0. The van der Waals surface area contributed by atoms with Crippen molar-refractivity contribution in [3.63, 3.8) is 0 Å². The minimum absolute atomic E-state index is 0.198. The monoisotopic (exact) mass is 368 g/mol. The van der Waals surface area contributed by atoms with Crippen molar-refractivity contribution in [3.05, 3.63) is 53.6 Å². The average molecular weight is 368 g/mol. The van der Waals surface area contributed by atoms with E-state index in [9.17, 15) is 9.90 Å². The lowest BCUT2D eigenvalue weighted by atomic mass is 9.80. The molecule has 1 amide bonds. The predicted octanol–water partition coefficient (Wildman–Crippen LogP) is 3.07. The van der Waals surface area contributed by atoms with Crippen LogP contribution in [0.4, 0.5) is 5.69 Å². The minimum atomic E-state index is -1.00. The van der Waals surface area contributed by atoms with E-state index in [1.165, 1.54) is 0 Å². The molecule has 0 aromatic heterocycles. The van der Waals surface area contributed by atoms with Gasteiger partial charge in [-0.15, -0.1) is 0 Å². The van der Waals surface area contributed by atoms with Crippen LogP contribution in [-0.4, -0.2) is 36.8 Å². The van der Waals surface area contributed by atoms with Crippen molar-refractivity contribution in [2.45, 2.75) is 45.8 Å². The first-order valence-electron chi connectivity index (χ1n) is 8.83. The Kier molecular flexibility index (Phi) is 6.34. The largest absolute Gasteiger partial charge is 0.497 e. The van der Waals surface area contributed by atoms with Gasteiger partial charge < -0.3 is 19.8 Å². The highest BCUT2D eigenvalue weighted by molar-refractivity contribution is 6.48. The smallest absolute Gasteiger partial charge is 0.331 e. The highest BCUT2D eigenvalue weighted by Gasteiger charge is 2.35. The van der Waals surface area contributed by atoms with Crippen molar-refractivity contribution in [2.24, 2.45) is 0 Å². The third-order valence-electron chi connectivity index (χ3n) is 4.93. The number of aliphatic hydroxyl groups is 1. The van der Waals surface area contributed by atoms with E-state index in [1.807, 2.05) is 39.0 Å². The SMILES string of the molecule is COc1ccc(C(=O)Nc2cccc([B]OC(C)(C)C(C)(C)O)c2C)cc1. The lowest BCUT2D eigenvalue weighted by Crippen LogP contribution is -2.49. The molecule has 1 radical (unpaired) electrons. The van der Waals surface area contributed by atoms with E-state index in [-0.39, 0.29) is 5.91 Å². The molecule has 0 aliphatic rings. The lowest BCUT2D eigenvalue weighted by Gasteiger charge is -2.37. The fraction of sp³-hybridized carbons (Fsp3) is 0.381. The summed E-state index contributed by atoms with van der Waals surface area (Å²) in [6.45, 7) is 8.98. The van der Waals surface area contributed by atoms with E-state index in [1.54, 1.807) is 52.7 Å². The van der Waals surface area contributed by atoms with Crippen LogP contribution in [-0.2, 0) is 4.65 Å². The van der Waals surface area contributed by atoms with Gasteiger partial charge in [0.1, 0.15) is 5.75 Å². The first-order chi connectivity index (χ1) is 12.5. The summed E-state index contributed by atoms with van der Waals surface area (Å²) < 4.78 is 10.9. The van der Waals surface area contributed by atoms with E-state index in [4.69, 9.17) is 9.39 Å². The number of amides is 1. The third-order valence-corrected chi connectivity index (χ3v) is 4.93. The molecule has 0 atom stereocenters. The molecule has 0 heterocycles. The molecule has 0 fully saturated rings. The van der Waals surface area contributed by atoms with Gasteiger partial charge in [0.2, 0.25) is 0 Å². The quantitative estimate of drug-likeness (QED) is 0.737. The van der Waals surface area contributed by atoms with Gasteiger partial charge in [0.05, 0.1) is 18.3 Å². The third kappa shape index (κ3) is 5.11. The maximum Gasteiger partial charge on any atom is 0.331 e. The number of carbonyl (C=O) groups is 1. The van der Waals surface area contributed by atoms with Crippen LogP contribution >= 0.6 is 0 Å². The highest BCUT2D eigenvalue weighted by atomic mass is 16.5. The molecule has 2 N–H and O–H groups in total. The van der Waals surface area contributed by atoms with Crippen LogP contribution in [0, 0.1) is 6.92 Å². The maximum atomic E-state index is 12.5. The molecule has 0 aliphatic heterocycles. The number of carbonyl (C=O) groups excluding carboxylic acids is 1. The zero-order chi connectivity index (χ0) is 20.2. The second-order valence-electron chi connectivity index (χ2n) is 7.51. The summed E-state index contributed by atoms with van der Waals surface area (Å²) in [5.74, 6) is 0.501. The zero-order valence-corrected chi connectivity index (χ0v) is 16.8. The fourth-order valence-electron chi connectivity index (χ4n) is 2.21. The van der Waals surface area contributed by atoms with Crippen LogP contribution in [0.1, 0.15) is 43.6 Å². The number of hydrogen-bond donors (Lipinski definition) is 2. The van der Waals surface area contributed by atoms with Gasteiger partial charge in [0, 0.05) is 11.3 Å². The van der Waals surface area contributed by atoms with E-state index in [0.717, 1.165) is 11.0 Å². The van der Waals surface area contributed by atoms with Gasteiger partial charge in [-0.2, -0.15) is 0 Å². The van der Waals surface area contributed by atoms with Gasteiger partial charge in [-0.05, 0) is 76.0 Å². The van der Waals surface area contributed by atoms with Crippen LogP contribution in [0.2, 0.25) is 0 Å². The number of methoxy groups -OCH3 is 1. The van der Waals surface area contributed by atoms with Crippen molar-refractivity contribution >= 4 is 24.5 Å². The minimum Gasteiger partial charge on any atom is -0.497 e. The zero-order valence-electron chi connectivity index (χ0n) is 16.8.